The molecule has 0 radical (unpaired) electrons. The predicted octanol–water partition coefficient (Wildman–Crippen LogP) is 5.54. The van der Waals surface area contributed by atoms with Crippen LogP contribution in [0, 0.1) is 13.8 Å². The molecular formula is C24H23F3N2O. The maximum Gasteiger partial charge on any atom is 0.417 e. The SMILES string of the molecule is Cc1ccc(N(CCc2ccc(C(F)(F)F)cn2)C(=O)Cc2ccccc2)cc1C. The standard InChI is InChI=1S/C24H23F3N2O/c1-17-8-11-22(14-18(17)2)29(23(30)15-19-6-4-3-5-7-19)13-12-21-10-9-20(16-28-21)24(25,26)27/h3-11,14,16H,12-13,15H2,1-2H3. The van der Waals surface area contributed by atoms with E-state index in [9.17, 15) is 18.0 Å². The summed E-state index contributed by atoms with van der Waals surface area (Å²) in [6.07, 6.45) is -2.98. The van der Waals surface area contributed by atoms with Crippen LogP contribution in [0.2, 0.25) is 0 Å². The molecule has 0 fully saturated rings. The lowest BCUT2D eigenvalue weighted by molar-refractivity contribution is -0.137. The summed E-state index contributed by atoms with van der Waals surface area (Å²) in [5.74, 6) is -0.0728. The Kier molecular flexibility index (Phi) is 6.55. The summed E-state index contributed by atoms with van der Waals surface area (Å²) < 4.78 is 38.2. The fourth-order valence-electron chi connectivity index (χ4n) is 3.12. The molecule has 0 spiro atoms. The molecule has 3 nitrogen and oxygen atoms in total. The zero-order valence-corrected chi connectivity index (χ0v) is 16.9. The van der Waals surface area contributed by atoms with Gasteiger partial charge in [-0.15, -0.1) is 0 Å². The number of hydrogen-bond acceptors (Lipinski definition) is 2. The number of nitrogens with zero attached hydrogens (tertiary/aromatic N) is 2. The number of halogens is 3. The summed E-state index contributed by atoms with van der Waals surface area (Å²) in [6, 6.07) is 17.7. The average molecular weight is 412 g/mol. The third-order valence-corrected chi connectivity index (χ3v) is 5.05. The number of amides is 1. The lowest BCUT2D eigenvalue weighted by atomic mass is 10.1. The van der Waals surface area contributed by atoms with Gasteiger partial charge >= 0.3 is 6.18 Å². The molecule has 30 heavy (non-hydrogen) atoms. The lowest BCUT2D eigenvalue weighted by Gasteiger charge is -2.24. The Bertz CT molecular complexity index is 999. The molecule has 0 bridgehead atoms. The number of hydrogen-bond donors (Lipinski definition) is 0. The second-order valence-corrected chi connectivity index (χ2v) is 7.26. The Morgan fingerprint density at radius 3 is 2.30 bits per heavy atom. The second kappa shape index (κ2) is 9.11. The molecule has 3 rings (SSSR count). The molecule has 156 valence electrons. The molecule has 2 aromatic carbocycles. The molecule has 0 aliphatic carbocycles. The van der Waals surface area contributed by atoms with Gasteiger partial charge in [0.15, 0.2) is 0 Å². The number of carbonyl (C=O) groups excluding carboxylic acids is 1. The van der Waals surface area contributed by atoms with Crippen molar-refractivity contribution in [2.45, 2.75) is 32.9 Å². The van der Waals surface area contributed by atoms with Gasteiger partial charge < -0.3 is 4.90 Å². The summed E-state index contributed by atoms with van der Waals surface area (Å²) in [4.78, 5) is 18.7. The van der Waals surface area contributed by atoms with E-state index in [0.717, 1.165) is 34.6 Å². The largest absolute Gasteiger partial charge is 0.417 e. The summed E-state index contributed by atoms with van der Waals surface area (Å²) in [7, 11) is 0. The van der Waals surface area contributed by atoms with E-state index in [1.807, 2.05) is 62.4 Å². The van der Waals surface area contributed by atoms with E-state index in [0.29, 0.717) is 18.7 Å². The first-order valence-corrected chi connectivity index (χ1v) is 9.68. The Labute approximate surface area is 174 Å². The second-order valence-electron chi connectivity index (χ2n) is 7.26. The van der Waals surface area contributed by atoms with E-state index in [4.69, 9.17) is 0 Å². The van der Waals surface area contributed by atoms with Crippen molar-refractivity contribution >= 4 is 11.6 Å². The maximum absolute atomic E-state index is 13.1. The van der Waals surface area contributed by atoms with Crippen molar-refractivity contribution in [2.75, 3.05) is 11.4 Å². The lowest BCUT2D eigenvalue weighted by Crippen LogP contribution is -2.34. The highest BCUT2D eigenvalue weighted by Gasteiger charge is 2.30. The Hall–Kier alpha value is -3.15. The number of carbonyl (C=O) groups is 1. The molecule has 0 saturated carbocycles. The van der Waals surface area contributed by atoms with Gasteiger partial charge in [-0.1, -0.05) is 36.4 Å². The Balaban J connectivity index is 1.80. The van der Waals surface area contributed by atoms with Crippen molar-refractivity contribution in [3.63, 3.8) is 0 Å². The van der Waals surface area contributed by atoms with Crippen molar-refractivity contribution in [3.05, 3.63) is 94.8 Å². The zero-order valence-electron chi connectivity index (χ0n) is 16.9. The van der Waals surface area contributed by atoms with Gasteiger partial charge in [0.1, 0.15) is 0 Å². The van der Waals surface area contributed by atoms with Gasteiger partial charge in [-0.05, 0) is 54.8 Å². The number of pyridine rings is 1. The highest BCUT2D eigenvalue weighted by Crippen LogP contribution is 2.28. The molecule has 3 aromatic rings. The van der Waals surface area contributed by atoms with Crippen LogP contribution in [-0.2, 0) is 23.8 Å². The van der Waals surface area contributed by atoms with E-state index < -0.39 is 11.7 Å². The molecule has 1 heterocycles. The first-order chi connectivity index (χ1) is 14.2. The van der Waals surface area contributed by atoms with Crippen molar-refractivity contribution in [1.82, 2.24) is 4.98 Å². The van der Waals surface area contributed by atoms with Crippen molar-refractivity contribution in [2.24, 2.45) is 0 Å². The normalized spacial score (nSPS) is 11.4. The van der Waals surface area contributed by atoms with Crippen LogP contribution in [0.5, 0.6) is 0 Å². The van der Waals surface area contributed by atoms with Crippen LogP contribution in [0.1, 0.15) is 27.9 Å². The quantitative estimate of drug-likeness (QED) is 0.533. The van der Waals surface area contributed by atoms with Gasteiger partial charge in [-0.3, -0.25) is 9.78 Å². The van der Waals surface area contributed by atoms with Crippen molar-refractivity contribution in [1.29, 1.82) is 0 Å². The van der Waals surface area contributed by atoms with E-state index >= 15 is 0 Å². The van der Waals surface area contributed by atoms with Gasteiger partial charge in [0, 0.05) is 30.5 Å². The number of benzene rings is 2. The molecule has 1 amide bonds. The zero-order chi connectivity index (χ0) is 21.7. The van der Waals surface area contributed by atoms with E-state index in [1.54, 1.807) is 4.90 Å². The summed E-state index contributed by atoms with van der Waals surface area (Å²) in [5.41, 5.74) is 3.59. The van der Waals surface area contributed by atoms with Crippen molar-refractivity contribution < 1.29 is 18.0 Å². The minimum atomic E-state index is -4.41. The Morgan fingerprint density at radius 2 is 1.70 bits per heavy atom. The van der Waals surface area contributed by atoms with E-state index in [-0.39, 0.29) is 12.3 Å². The number of aromatic nitrogens is 1. The highest BCUT2D eigenvalue weighted by atomic mass is 19.4. The minimum absolute atomic E-state index is 0.0728. The fraction of sp³-hybridized carbons (Fsp3) is 0.250. The third kappa shape index (κ3) is 5.47. The van der Waals surface area contributed by atoms with Gasteiger partial charge in [0.2, 0.25) is 5.91 Å². The summed E-state index contributed by atoms with van der Waals surface area (Å²) >= 11 is 0. The maximum atomic E-state index is 13.1. The number of anilines is 1. The van der Waals surface area contributed by atoms with E-state index in [2.05, 4.69) is 4.98 Å². The van der Waals surface area contributed by atoms with Crippen LogP contribution < -0.4 is 4.90 Å². The van der Waals surface area contributed by atoms with Crippen LogP contribution in [0.15, 0.2) is 66.9 Å². The molecule has 0 aliphatic heterocycles. The van der Waals surface area contributed by atoms with Gasteiger partial charge in [0.05, 0.1) is 12.0 Å². The molecule has 1 aromatic heterocycles. The highest BCUT2D eigenvalue weighted by molar-refractivity contribution is 5.94. The molecular weight excluding hydrogens is 389 g/mol. The monoisotopic (exact) mass is 412 g/mol. The van der Waals surface area contributed by atoms with Gasteiger partial charge in [-0.2, -0.15) is 13.2 Å². The van der Waals surface area contributed by atoms with Crippen LogP contribution in [0.25, 0.3) is 0 Å². The predicted molar refractivity (Wildman–Crippen MR) is 111 cm³/mol. The first kappa shape index (κ1) is 21.6. The number of aryl methyl sites for hydroxylation is 2. The van der Waals surface area contributed by atoms with Gasteiger partial charge in [-0.25, -0.2) is 0 Å². The Morgan fingerprint density at radius 1 is 0.967 bits per heavy atom. The molecule has 0 aliphatic rings. The third-order valence-electron chi connectivity index (χ3n) is 5.05. The molecule has 6 heteroatoms. The van der Waals surface area contributed by atoms with Crippen molar-refractivity contribution in [3.8, 4) is 0 Å². The molecule has 0 unspecified atom stereocenters. The number of rotatable bonds is 6. The van der Waals surface area contributed by atoms with Gasteiger partial charge in [0.25, 0.3) is 0 Å². The minimum Gasteiger partial charge on any atom is -0.312 e. The molecule has 0 atom stereocenters. The van der Waals surface area contributed by atoms with E-state index in [1.165, 1.54) is 6.07 Å². The van der Waals surface area contributed by atoms with Crippen LogP contribution >= 0.6 is 0 Å². The smallest absolute Gasteiger partial charge is 0.312 e. The fourth-order valence-corrected chi connectivity index (χ4v) is 3.12. The topological polar surface area (TPSA) is 33.2 Å². The summed E-state index contributed by atoms with van der Waals surface area (Å²) in [6.45, 7) is 4.31. The molecule has 0 N–H and O–H groups in total. The number of alkyl halides is 3. The van der Waals surface area contributed by atoms with Crippen LogP contribution in [0.3, 0.4) is 0 Å². The first-order valence-electron chi connectivity index (χ1n) is 9.68. The van der Waals surface area contributed by atoms with Crippen LogP contribution in [-0.4, -0.2) is 17.4 Å². The summed E-state index contributed by atoms with van der Waals surface area (Å²) in [5, 5.41) is 0. The average Bonchev–Trinajstić information content (AvgIpc) is 2.71. The molecule has 0 saturated heterocycles. The van der Waals surface area contributed by atoms with Crippen LogP contribution in [0.4, 0.5) is 18.9 Å².